The molecule has 0 atom stereocenters. The lowest BCUT2D eigenvalue weighted by Gasteiger charge is -2.35. The standard InChI is InChI=1S/C20H24N6O3/c1-14(2)29-20(27)25-10-8-24(9-11-25)17-6-7-26-19(23-17)16(13-22-26)15-4-5-18(28-3)21-12-15/h4-7,12-14H,8-11H2,1-3H3. The first-order chi connectivity index (χ1) is 14.0. The highest BCUT2D eigenvalue weighted by Gasteiger charge is 2.24. The molecule has 1 aliphatic heterocycles. The number of rotatable bonds is 4. The van der Waals surface area contributed by atoms with Gasteiger partial charge in [0.1, 0.15) is 5.82 Å². The van der Waals surface area contributed by atoms with Crippen LogP contribution in [0.4, 0.5) is 10.6 Å². The molecule has 152 valence electrons. The van der Waals surface area contributed by atoms with E-state index in [9.17, 15) is 4.79 Å². The maximum atomic E-state index is 12.1. The average Bonchev–Trinajstić information content (AvgIpc) is 3.16. The van der Waals surface area contributed by atoms with Crippen molar-refractivity contribution < 1.29 is 14.3 Å². The molecule has 9 heteroatoms. The predicted molar refractivity (Wildman–Crippen MR) is 108 cm³/mol. The van der Waals surface area contributed by atoms with Crippen molar-refractivity contribution in [2.24, 2.45) is 0 Å². The maximum absolute atomic E-state index is 12.1. The van der Waals surface area contributed by atoms with Crippen LogP contribution in [0.1, 0.15) is 13.8 Å². The zero-order valence-electron chi connectivity index (χ0n) is 16.8. The van der Waals surface area contributed by atoms with Crippen LogP contribution in [0.5, 0.6) is 5.88 Å². The monoisotopic (exact) mass is 396 g/mol. The first kappa shape index (κ1) is 19.0. The lowest BCUT2D eigenvalue weighted by atomic mass is 10.1. The normalized spacial score (nSPS) is 14.5. The van der Waals surface area contributed by atoms with E-state index in [1.165, 1.54) is 0 Å². The Hall–Kier alpha value is -3.36. The Bertz CT molecular complexity index is 993. The first-order valence-corrected chi connectivity index (χ1v) is 9.60. The molecule has 3 aromatic rings. The van der Waals surface area contributed by atoms with Crippen LogP contribution in [0.3, 0.4) is 0 Å². The quantitative estimate of drug-likeness (QED) is 0.670. The van der Waals surface area contributed by atoms with Crippen molar-refractivity contribution in [2.45, 2.75) is 20.0 Å². The number of carbonyl (C=O) groups is 1. The van der Waals surface area contributed by atoms with Crippen LogP contribution < -0.4 is 9.64 Å². The Kier molecular flexibility index (Phi) is 5.20. The number of amides is 1. The van der Waals surface area contributed by atoms with Crippen LogP contribution in [0.2, 0.25) is 0 Å². The van der Waals surface area contributed by atoms with E-state index in [4.69, 9.17) is 14.5 Å². The van der Waals surface area contributed by atoms with Gasteiger partial charge in [0, 0.05) is 55.8 Å². The second-order valence-corrected chi connectivity index (χ2v) is 7.11. The minimum Gasteiger partial charge on any atom is -0.481 e. The fourth-order valence-corrected chi connectivity index (χ4v) is 3.29. The van der Waals surface area contributed by atoms with E-state index in [1.54, 1.807) is 28.9 Å². The zero-order valence-corrected chi connectivity index (χ0v) is 16.8. The highest BCUT2D eigenvalue weighted by molar-refractivity contribution is 5.77. The number of ether oxygens (including phenoxy) is 2. The summed E-state index contributed by atoms with van der Waals surface area (Å²) in [6.07, 6.45) is 5.07. The van der Waals surface area contributed by atoms with Crippen molar-refractivity contribution in [1.29, 1.82) is 0 Å². The van der Waals surface area contributed by atoms with E-state index in [-0.39, 0.29) is 12.2 Å². The SMILES string of the molecule is COc1ccc(-c2cnn3ccc(N4CCN(C(=O)OC(C)C)CC4)nc23)cn1. The fraction of sp³-hybridized carbons (Fsp3) is 0.400. The molecule has 29 heavy (non-hydrogen) atoms. The predicted octanol–water partition coefficient (Wildman–Crippen LogP) is 2.47. The summed E-state index contributed by atoms with van der Waals surface area (Å²) in [5.41, 5.74) is 2.59. The Morgan fingerprint density at radius 2 is 1.90 bits per heavy atom. The van der Waals surface area contributed by atoms with E-state index >= 15 is 0 Å². The second-order valence-electron chi connectivity index (χ2n) is 7.11. The van der Waals surface area contributed by atoms with Crippen LogP contribution in [-0.4, -0.2) is 70.0 Å². The molecule has 0 N–H and O–H groups in total. The molecule has 0 bridgehead atoms. The van der Waals surface area contributed by atoms with Gasteiger partial charge < -0.3 is 19.3 Å². The molecule has 4 rings (SSSR count). The van der Waals surface area contributed by atoms with Crippen LogP contribution in [0.15, 0.2) is 36.8 Å². The van der Waals surface area contributed by atoms with Crippen molar-refractivity contribution >= 4 is 17.6 Å². The van der Waals surface area contributed by atoms with Crippen LogP contribution in [0.25, 0.3) is 16.8 Å². The zero-order chi connectivity index (χ0) is 20.4. The third-order valence-electron chi connectivity index (χ3n) is 4.81. The molecular weight excluding hydrogens is 372 g/mol. The largest absolute Gasteiger partial charge is 0.481 e. The molecule has 0 radical (unpaired) electrons. The molecule has 1 amide bonds. The Labute approximate surface area is 168 Å². The molecule has 0 aliphatic carbocycles. The van der Waals surface area contributed by atoms with E-state index in [0.29, 0.717) is 32.1 Å². The summed E-state index contributed by atoms with van der Waals surface area (Å²) in [6, 6.07) is 5.70. The van der Waals surface area contributed by atoms with Gasteiger partial charge in [-0.2, -0.15) is 5.10 Å². The molecule has 3 aromatic heterocycles. The van der Waals surface area contributed by atoms with Gasteiger partial charge in [-0.15, -0.1) is 0 Å². The summed E-state index contributed by atoms with van der Waals surface area (Å²) in [5.74, 6) is 1.42. The Morgan fingerprint density at radius 1 is 1.10 bits per heavy atom. The minimum absolute atomic E-state index is 0.114. The molecule has 0 saturated carbocycles. The van der Waals surface area contributed by atoms with Crippen molar-refractivity contribution in [3.63, 3.8) is 0 Å². The van der Waals surface area contributed by atoms with Crippen LogP contribution in [-0.2, 0) is 4.74 Å². The molecule has 0 aromatic carbocycles. The number of aromatic nitrogens is 4. The second kappa shape index (κ2) is 7.94. The molecule has 1 fully saturated rings. The summed E-state index contributed by atoms with van der Waals surface area (Å²) in [6.45, 7) is 6.32. The summed E-state index contributed by atoms with van der Waals surface area (Å²) in [5, 5.41) is 4.39. The Balaban J connectivity index is 1.53. The van der Waals surface area contributed by atoms with E-state index in [0.717, 1.165) is 22.6 Å². The third kappa shape index (κ3) is 3.94. The number of carbonyl (C=O) groups excluding carboxylic acids is 1. The van der Waals surface area contributed by atoms with Gasteiger partial charge in [-0.3, -0.25) is 0 Å². The van der Waals surface area contributed by atoms with Gasteiger partial charge >= 0.3 is 6.09 Å². The molecule has 9 nitrogen and oxygen atoms in total. The van der Waals surface area contributed by atoms with Crippen molar-refractivity contribution in [1.82, 2.24) is 24.5 Å². The van der Waals surface area contributed by atoms with Crippen molar-refractivity contribution in [2.75, 3.05) is 38.2 Å². The highest BCUT2D eigenvalue weighted by atomic mass is 16.6. The Morgan fingerprint density at radius 3 is 2.55 bits per heavy atom. The van der Waals surface area contributed by atoms with E-state index in [1.807, 2.05) is 38.2 Å². The molecular formula is C20H24N6O3. The van der Waals surface area contributed by atoms with Gasteiger partial charge in [-0.25, -0.2) is 19.3 Å². The minimum atomic E-state index is -0.256. The van der Waals surface area contributed by atoms with Gasteiger partial charge in [0.2, 0.25) is 5.88 Å². The summed E-state index contributed by atoms with van der Waals surface area (Å²) < 4.78 is 12.2. The molecule has 1 aliphatic rings. The maximum Gasteiger partial charge on any atom is 0.410 e. The van der Waals surface area contributed by atoms with Crippen molar-refractivity contribution in [3.05, 3.63) is 36.8 Å². The lowest BCUT2D eigenvalue weighted by molar-refractivity contribution is 0.0751. The smallest absolute Gasteiger partial charge is 0.410 e. The van der Waals surface area contributed by atoms with Crippen LogP contribution >= 0.6 is 0 Å². The number of methoxy groups -OCH3 is 1. The van der Waals surface area contributed by atoms with E-state index in [2.05, 4.69) is 15.0 Å². The summed E-state index contributed by atoms with van der Waals surface area (Å²) in [7, 11) is 1.59. The van der Waals surface area contributed by atoms with Crippen LogP contribution in [0, 0.1) is 0 Å². The van der Waals surface area contributed by atoms with Crippen molar-refractivity contribution in [3.8, 4) is 17.0 Å². The van der Waals surface area contributed by atoms with E-state index < -0.39 is 0 Å². The number of nitrogens with zero attached hydrogens (tertiary/aromatic N) is 6. The third-order valence-corrected chi connectivity index (χ3v) is 4.81. The molecule has 0 spiro atoms. The van der Waals surface area contributed by atoms with Gasteiger partial charge in [0.15, 0.2) is 5.65 Å². The average molecular weight is 396 g/mol. The number of piperazine rings is 1. The highest BCUT2D eigenvalue weighted by Crippen LogP contribution is 2.25. The fourth-order valence-electron chi connectivity index (χ4n) is 3.29. The lowest BCUT2D eigenvalue weighted by Crippen LogP contribution is -2.49. The summed E-state index contributed by atoms with van der Waals surface area (Å²) >= 11 is 0. The molecule has 0 unspecified atom stereocenters. The summed E-state index contributed by atoms with van der Waals surface area (Å²) in [4.78, 5) is 25.1. The topological polar surface area (TPSA) is 85.1 Å². The van der Waals surface area contributed by atoms with Gasteiger partial charge in [0.25, 0.3) is 0 Å². The number of fused-ring (bicyclic) bond motifs is 1. The first-order valence-electron chi connectivity index (χ1n) is 9.60. The number of hydrogen-bond acceptors (Lipinski definition) is 7. The molecule has 4 heterocycles. The van der Waals surface area contributed by atoms with Gasteiger partial charge in [-0.1, -0.05) is 0 Å². The molecule has 1 saturated heterocycles. The van der Waals surface area contributed by atoms with Gasteiger partial charge in [-0.05, 0) is 26.0 Å². The van der Waals surface area contributed by atoms with Gasteiger partial charge in [0.05, 0.1) is 19.4 Å². The number of pyridine rings is 1. The number of hydrogen-bond donors (Lipinski definition) is 0. The number of anilines is 1.